The maximum absolute atomic E-state index is 4.88. The van der Waals surface area contributed by atoms with Gasteiger partial charge in [0.25, 0.3) is 0 Å². The van der Waals surface area contributed by atoms with Gasteiger partial charge in [-0.05, 0) is 36.1 Å². The van der Waals surface area contributed by atoms with E-state index in [0.29, 0.717) is 6.42 Å². The molecule has 0 saturated heterocycles. The van der Waals surface area contributed by atoms with Gasteiger partial charge in [0.2, 0.25) is 0 Å². The fourth-order valence-electron chi connectivity index (χ4n) is 3.66. The van der Waals surface area contributed by atoms with Crippen molar-refractivity contribution >= 4 is 11.2 Å². The molecule has 0 aliphatic heterocycles. The number of rotatable bonds is 4. The second-order valence-corrected chi connectivity index (χ2v) is 9.12. The van der Waals surface area contributed by atoms with Gasteiger partial charge in [0.05, 0.1) is 28.8 Å². The summed E-state index contributed by atoms with van der Waals surface area (Å²) in [4.78, 5) is 4.88. The first-order valence-electron chi connectivity index (χ1n) is 9.88. The van der Waals surface area contributed by atoms with E-state index in [0.717, 1.165) is 34.7 Å². The zero-order valence-electron chi connectivity index (χ0n) is 17.6. The van der Waals surface area contributed by atoms with E-state index in [-0.39, 0.29) is 10.8 Å². The van der Waals surface area contributed by atoms with Crippen LogP contribution in [-0.4, -0.2) is 29.4 Å². The van der Waals surface area contributed by atoms with Gasteiger partial charge in [-0.15, -0.1) is 0 Å². The second-order valence-electron chi connectivity index (χ2n) is 9.12. The van der Waals surface area contributed by atoms with Crippen molar-refractivity contribution in [3.05, 3.63) is 59.3 Å². The van der Waals surface area contributed by atoms with E-state index in [9.17, 15) is 0 Å². The fourth-order valence-corrected chi connectivity index (χ4v) is 3.66. The second kappa shape index (κ2) is 6.40. The number of hydrogen-bond donors (Lipinski definition) is 0. The van der Waals surface area contributed by atoms with Crippen LogP contribution in [0, 0.1) is 0 Å². The van der Waals surface area contributed by atoms with Crippen LogP contribution in [0.2, 0.25) is 0 Å². The Morgan fingerprint density at radius 3 is 2.50 bits per heavy atom. The van der Waals surface area contributed by atoms with E-state index in [1.807, 2.05) is 29.0 Å². The van der Waals surface area contributed by atoms with Gasteiger partial charge in [0, 0.05) is 23.6 Å². The molecule has 0 atom stereocenters. The van der Waals surface area contributed by atoms with Crippen LogP contribution in [-0.2, 0) is 17.3 Å². The first kappa shape index (κ1) is 18.6. The molecule has 4 aromatic heterocycles. The topological polar surface area (TPSA) is 60.4 Å². The summed E-state index contributed by atoms with van der Waals surface area (Å²) in [6.07, 6.45) is 5.40. The zero-order chi connectivity index (χ0) is 20.1. The summed E-state index contributed by atoms with van der Waals surface area (Å²) in [5, 5.41) is 13.8. The van der Waals surface area contributed by atoms with E-state index in [1.54, 1.807) is 4.63 Å². The molecule has 0 bridgehead atoms. The molecule has 146 valence electrons. The van der Waals surface area contributed by atoms with Gasteiger partial charge in [-0.25, -0.2) is 9.50 Å². The van der Waals surface area contributed by atoms with Crippen LogP contribution < -0.4 is 0 Å². The first-order chi connectivity index (χ1) is 13.2. The predicted octanol–water partition coefficient (Wildman–Crippen LogP) is 4.35. The molecule has 6 nitrogen and oxygen atoms in total. The summed E-state index contributed by atoms with van der Waals surface area (Å²) in [5.74, 6) is 0. The van der Waals surface area contributed by atoms with Crippen LogP contribution in [0.3, 0.4) is 0 Å². The molecule has 28 heavy (non-hydrogen) atoms. The Bertz CT molecular complexity index is 1140. The maximum atomic E-state index is 4.88. The molecule has 0 spiro atoms. The molecule has 4 heterocycles. The van der Waals surface area contributed by atoms with Crippen molar-refractivity contribution in [1.82, 2.24) is 29.4 Å². The lowest BCUT2D eigenvalue weighted by Crippen LogP contribution is -2.21. The van der Waals surface area contributed by atoms with Crippen LogP contribution in [0.15, 0.2) is 36.7 Å². The first-order valence-corrected chi connectivity index (χ1v) is 9.88. The van der Waals surface area contributed by atoms with Crippen molar-refractivity contribution in [3.63, 3.8) is 0 Å². The molecule has 0 aliphatic carbocycles. The highest BCUT2D eigenvalue weighted by atomic mass is 15.4. The van der Waals surface area contributed by atoms with Crippen LogP contribution in [0.4, 0.5) is 0 Å². The Hall–Kier alpha value is -2.76. The summed E-state index contributed by atoms with van der Waals surface area (Å²) in [6, 6.07) is 8.14. The monoisotopic (exact) mass is 376 g/mol. The number of nitrogens with zero attached hydrogens (tertiary/aromatic N) is 6. The molecule has 6 heteroatoms. The molecule has 0 saturated carbocycles. The van der Waals surface area contributed by atoms with Gasteiger partial charge in [0.1, 0.15) is 0 Å². The number of aromatic nitrogens is 6. The SMILES string of the molecule is CCC(C)(C)c1c(Cc2ccc3c(C(C)(C)C)cnn3n2)nc2cccnn12. The Labute approximate surface area is 165 Å². The van der Waals surface area contributed by atoms with Crippen molar-refractivity contribution in [3.8, 4) is 0 Å². The van der Waals surface area contributed by atoms with Gasteiger partial charge in [-0.3, -0.25) is 0 Å². The van der Waals surface area contributed by atoms with Crippen LogP contribution in [0.25, 0.3) is 11.2 Å². The average Bonchev–Trinajstić information content (AvgIpc) is 3.22. The van der Waals surface area contributed by atoms with Gasteiger partial charge in [-0.1, -0.05) is 41.5 Å². The predicted molar refractivity (Wildman–Crippen MR) is 111 cm³/mol. The van der Waals surface area contributed by atoms with E-state index >= 15 is 0 Å². The molecule has 0 aliphatic rings. The summed E-state index contributed by atoms with van der Waals surface area (Å²) < 4.78 is 3.72. The minimum absolute atomic E-state index is 0.0295. The van der Waals surface area contributed by atoms with E-state index in [1.165, 1.54) is 5.56 Å². The van der Waals surface area contributed by atoms with Gasteiger partial charge < -0.3 is 0 Å². The standard InChI is InChI=1S/C22H28N6/c1-7-22(5,6)20-17(25-19-9-8-12-23-27(19)20)13-15-10-11-18-16(21(2,3)4)14-24-28(18)26-15/h8-12,14H,7,13H2,1-6H3. The molecule has 0 N–H and O–H groups in total. The summed E-state index contributed by atoms with van der Waals surface area (Å²) in [6.45, 7) is 13.3. The van der Waals surface area contributed by atoms with Gasteiger partial charge in [0.15, 0.2) is 5.65 Å². The van der Waals surface area contributed by atoms with E-state index in [4.69, 9.17) is 10.1 Å². The minimum Gasteiger partial charge on any atom is -0.231 e. The third-order valence-electron chi connectivity index (χ3n) is 5.59. The lowest BCUT2D eigenvalue weighted by atomic mass is 9.84. The van der Waals surface area contributed by atoms with Crippen molar-refractivity contribution in [1.29, 1.82) is 0 Å². The number of fused-ring (bicyclic) bond motifs is 2. The van der Waals surface area contributed by atoms with Gasteiger partial charge >= 0.3 is 0 Å². The Morgan fingerprint density at radius 1 is 1.00 bits per heavy atom. The molecule has 4 aromatic rings. The minimum atomic E-state index is -0.0295. The molecule has 0 fully saturated rings. The average molecular weight is 377 g/mol. The summed E-state index contributed by atoms with van der Waals surface area (Å²) in [7, 11) is 0. The summed E-state index contributed by atoms with van der Waals surface area (Å²) in [5.41, 5.74) is 6.29. The highest BCUT2D eigenvalue weighted by Crippen LogP contribution is 2.31. The van der Waals surface area contributed by atoms with Crippen LogP contribution in [0.1, 0.15) is 70.6 Å². The van der Waals surface area contributed by atoms with Crippen LogP contribution in [0.5, 0.6) is 0 Å². The molecule has 0 aromatic carbocycles. The van der Waals surface area contributed by atoms with E-state index in [2.05, 4.69) is 63.9 Å². The zero-order valence-corrected chi connectivity index (χ0v) is 17.6. The highest BCUT2D eigenvalue weighted by Gasteiger charge is 2.28. The Balaban J connectivity index is 1.79. The van der Waals surface area contributed by atoms with Crippen molar-refractivity contribution in [2.24, 2.45) is 0 Å². The third kappa shape index (κ3) is 3.07. The van der Waals surface area contributed by atoms with Crippen molar-refractivity contribution in [2.75, 3.05) is 0 Å². The Morgan fingerprint density at radius 2 is 1.79 bits per heavy atom. The van der Waals surface area contributed by atoms with Crippen LogP contribution >= 0.6 is 0 Å². The van der Waals surface area contributed by atoms with Gasteiger partial charge in [-0.2, -0.15) is 19.9 Å². The normalized spacial score (nSPS) is 12.9. The molecular weight excluding hydrogens is 348 g/mol. The third-order valence-corrected chi connectivity index (χ3v) is 5.59. The maximum Gasteiger partial charge on any atom is 0.154 e. The number of hydrogen-bond acceptors (Lipinski definition) is 4. The molecular formula is C22H28N6. The lowest BCUT2D eigenvalue weighted by molar-refractivity contribution is 0.473. The fraction of sp³-hybridized carbons (Fsp3) is 0.455. The summed E-state index contributed by atoms with van der Waals surface area (Å²) >= 11 is 0. The Kier molecular flexibility index (Phi) is 4.25. The smallest absolute Gasteiger partial charge is 0.154 e. The van der Waals surface area contributed by atoms with Crippen molar-refractivity contribution in [2.45, 2.75) is 65.2 Å². The molecule has 0 amide bonds. The lowest BCUT2D eigenvalue weighted by Gasteiger charge is -2.23. The largest absolute Gasteiger partial charge is 0.231 e. The quantitative estimate of drug-likeness (QED) is 0.531. The molecule has 0 radical (unpaired) electrons. The van der Waals surface area contributed by atoms with E-state index < -0.39 is 0 Å². The number of imidazole rings is 1. The molecule has 4 rings (SSSR count). The van der Waals surface area contributed by atoms with Crippen molar-refractivity contribution < 1.29 is 0 Å². The molecule has 0 unspecified atom stereocenters. The highest BCUT2D eigenvalue weighted by molar-refractivity contribution is 5.56.